The molecule has 0 saturated carbocycles. The van der Waals surface area contributed by atoms with Gasteiger partial charge in [0.25, 0.3) is 0 Å². The summed E-state index contributed by atoms with van der Waals surface area (Å²) in [5.74, 6) is -1.16. The largest absolute Gasteiger partial charge is 0.480 e. The van der Waals surface area contributed by atoms with Gasteiger partial charge in [0.05, 0.1) is 5.69 Å². The minimum atomic E-state index is -0.958. The van der Waals surface area contributed by atoms with Crippen LogP contribution in [0.2, 0.25) is 0 Å². The van der Waals surface area contributed by atoms with Crippen LogP contribution < -0.4 is 5.32 Å². The van der Waals surface area contributed by atoms with Crippen molar-refractivity contribution in [3.63, 3.8) is 0 Å². The average Bonchev–Trinajstić information content (AvgIpc) is 3.01. The number of carboxylic acid groups (broad SMARTS) is 1. The lowest BCUT2D eigenvalue weighted by Gasteiger charge is -2.24. The van der Waals surface area contributed by atoms with Crippen molar-refractivity contribution in [1.82, 2.24) is 10.1 Å². The van der Waals surface area contributed by atoms with Crippen molar-refractivity contribution in [2.75, 3.05) is 12.4 Å². The highest BCUT2D eigenvalue weighted by molar-refractivity contribution is 5.92. The SMILES string of the molecule is CC(C)C(=O)Nc1ccc([C@H](C(=O)O)N(C)Cc2ccon2)cc1. The maximum atomic E-state index is 11.7. The highest BCUT2D eigenvalue weighted by Crippen LogP contribution is 2.23. The van der Waals surface area contributed by atoms with E-state index in [0.717, 1.165) is 0 Å². The van der Waals surface area contributed by atoms with Crippen molar-refractivity contribution < 1.29 is 19.2 Å². The second-order valence-corrected chi connectivity index (χ2v) is 5.91. The zero-order chi connectivity index (χ0) is 17.7. The number of nitrogens with zero attached hydrogens (tertiary/aromatic N) is 2. The molecule has 0 aliphatic carbocycles. The molecule has 0 aliphatic rings. The zero-order valence-electron chi connectivity index (χ0n) is 13.9. The fraction of sp³-hybridized carbons (Fsp3) is 0.353. The van der Waals surface area contributed by atoms with Crippen LogP contribution in [0.25, 0.3) is 0 Å². The molecular weight excluding hydrogens is 310 g/mol. The molecular formula is C17H21N3O4. The van der Waals surface area contributed by atoms with E-state index in [4.69, 9.17) is 4.52 Å². The van der Waals surface area contributed by atoms with Crippen molar-refractivity contribution in [2.45, 2.75) is 26.4 Å². The summed E-state index contributed by atoms with van der Waals surface area (Å²) in [7, 11) is 1.71. The van der Waals surface area contributed by atoms with Gasteiger partial charge in [-0.15, -0.1) is 0 Å². The Balaban J connectivity index is 2.13. The fourth-order valence-corrected chi connectivity index (χ4v) is 2.29. The minimum absolute atomic E-state index is 0.0827. The number of hydrogen-bond donors (Lipinski definition) is 2. The Labute approximate surface area is 140 Å². The minimum Gasteiger partial charge on any atom is -0.480 e. The van der Waals surface area contributed by atoms with Gasteiger partial charge in [-0.05, 0) is 24.7 Å². The van der Waals surface area contributed by atoms with Crippen molar-refractivity contribution in [2.24, 2.45) is 5.92 Å². The van der Waals surface area contributed by atoms with Gasteiger partial charge in [0.1, 0.15) is 12.3 Å². The van der Waals surface area contributed by atoms with E-state index in [1.807, 2.05) is 13.8 Å². The quantitative estimate of drug-likeness (QED) is 0.809. The Kier molecular flexibility index (Phi) is 5.70. The third-order valence-electron chi connectivity index (χ3n) is 3.60. The summed E-state index contributed by atoms with van der Waals surface area (Å²) >= 11 is 0. The predicted molar refractivity (Wildman–Crippen MR) is 88.3 cm³/mol. The highest BCUT2D eigenvalue weighted by Gasteiger charge is 2.25. The summed E-state index contributed by atoms with van der Waals surface area (Å²) in [6, 6.07) is 7.68. The number of carboxylic acids is 1. The molecule has 1 atom stereocenters. The molecule has 2 aromatic rings. The van der Waals surface area contributed by atoms with Gasteiger partial charge in [0, 0.05) is 24.2 Å². The number of likely N-dealkylation sites (N-methyl/N-ethyl adjacent to an activating group) is 1. The number of nitrogens with one attached hydrogen (secondary N) is 1. The Morgan fingerprint density at radius 1 is 1.25 bits per heavy atom. The van der Waals surface area contributed by atoms with Crippen LogP contribution in [0.4, 0.5) is 5.69 Å². The van der Waals surface area contributed by atoms with Crippen LogP contribution in [-0.2, 0) is 16.1 Å². The number of rotatable bonds is 7. The van der Waals surface area contributed by atoms with Crippen LogP contribution in [0.1, 0.15) is 31.1 Å². The number of aliphatic carboxylic acids is 1. The molecule has 0 fully saturated rings. The van der Waals surface area contributed by atoms with Crippen molar-refractivity contribution in [3.8, 4) is 0 Å². The number of amides is 1. The second-order valence-electron chi connectivity index (χ2n) is 5.91. The molecule has 7 nitrogen and oxygen atoms in total. The number of aromatic nitrogens is 1. The summed E-state index contributed by atoms with van der Waals surface area (Å²) < 4.78 is 4.77. The monoisotopic (exact) mass is 331 g/mol. The summed E-state index contributed by atoms with van der Waals surface area (Å²) in [5.41, 5.74) is 1.92. The van der Waals surface area contributed by atoms with Gasteiger partial charge < -0.3 is 14.9 Å². The molecule has 0 bridgehead atoms. The van der Waals surface area contributed by atoms with Crippen LogP contribution in [0, 0.1) is 5.92 Å². The van der Waals surface area contributed by atoms with E-state index in [1.54, 1.807) is 42.3 Å². The predicted octanol–water partition coefficient (Wildman–Crippen LogP) is 2.53. The first kappa shape index (κ1) is 17.7. The molecule has 0 unspecified atom stereocenters. The summed E-state index contributed by atoms with van der Waals surface area (Å²) in [6.07, 6.45) is 1.45. The molecule has 0 radical (unpaired) electrons. The van der Waals surface area contributed by atoms with Crippen molar-refractivity contribution in [3.05, 3.63) is 47.9 Å². The molecule has 1 heterocycles. The van der Waals surface area contributed by atoms with Crippen molar-refractivity contribution >= 4 is 17.6 Å². The molecule has 1 aromatic heterocycles. The lowest BCUT2D eigenvalue weighted by molar-refractivity contribution is -0.143. The van der Waals surface area contributed by atoms with E-state index in [2.05, 4.69) is 10.5 Å². The zero-order valence-corrected chi connectivity index (χ0v) is 13.9. The molecule has 7 heteroatoms. The lowest BCUT2D eigenvalue weighted by atomic mass is 10.0. The van der Waals surface area contributed by atoms with Crippen LogP contribution in [0.15, 0.2) is 41.1 Å². The van der Waals surface area contributed by atoms with Gasteiger partial charge in [-0.2, -0.15) is 0 Å². The number of hydrogen-bond acceptors (Lipinski definition) is 5. The molecule has 0 aliphatic heterocycles. The van der Waals surface area contributed by atoms with Crippen LogP contribution in [0.5, 0.6) is 0 Å². The Morgan fingerprint density at radius 3 is 2.42 bits per heavy atom. The number of carbonyl (C=O) groups excluding carboxylic acids is 1. The molecule has 0 saturated heterocycles. The van der Waals surface area contributed by atoms with Gasteiger partial charge in [-0.1, -0.05) is 31.1 Å². The number of benzene rings is 1. The summed E-state index contributed by atoms with van der Waals surface area (Å²) in [5, 5.41) is 16.1. The highest BCUT2D eigenvalue weighted by atomic mass is 16.5. The molecule has 24 heavy (non-hydrogen) atoms. The smallest absolute Gasteiger partial charge is 0.325 e. The Morgan fingerprint density at radius 2 is 1.92 bits per heavy atom. The normalized spacial score (nSPS) is 12.4. The lowest BCUT2D eigenvalue weighted by Crippen LogP contribution is -2.30. The molecule has 128 valence electrons. The molecule has 2 N–H and O–H groups in total. The Bertz CT molecular complexity index is 680. The third-order valence-corrected chi connectivity index (χ3v) is 3.60. The first-order chi connectivity index (χ1) is 11.4. The summed E-state index contributed by atoms with van der Waals surface area (Å²) in [4.78, 5) is 25.0. The van der Waals surface area contributed by atoms with Crippen LogP contribution in [-0.4, -0.2) is 34.1 Å². The van der Waals surface area contributed by atoms with E-state index >= 15 is 0 Å². The standard InChI is InChI=1S/C17H21N3O4/c1-11(2)16(21)18-13-6-4-12(5-7-13)15(17(22)23)20(3)10-14-8-9-24-19-14/h4-9,11,15H,10H2,1-3H3,(H,18,21)(H,22,23)/t15-/m1/s1. The van der Waals surface area contributed by atoms with E-state index in [1.165, 1.54) is 6.26 Å². The van der Waals surface area contributed by atoms with E-state index < -0.39 is 12.0 Å². The molecule has 1 aromatic carbocycles. The van der Waals surface area contributed by atoms with Gasteiger partial charge >= 0.3 is 5.97 Å². The maximum Gasteiger partial charge on any atom is 0.325 e. The second kappa shape index (κ2) is 7.74. The fourth-order valence-electron chi connectivity index (χ4n) is 2.29. The Hall–Kier alpha value is -2.67. The van der Waals surface area contributed by atoms with Gasteiger partial charge in [-0.25, -0.2) is 0 Å². The van der Waals surface area contributed by atoms with Gasteiger partial charge in [-0.3, -0.25) is 14.5 Å². The first-order valence-electron chi connectivity index (χ1n) is 7.61. The molecule has 2 rings (SSSR count). The number of carbonyl (C=O) groups is 2. The van der Waals surface area contributed by atoms with Gasteiger partial charge in [0.15, 0.2) is 0 Å². The van der Waals surface area contributed by atoms with E-state index in [-0.39, 0.29) is 11.8 Å². The van der Waals surface area contributed by atoms with Crippen LogP contribution >= 0.6 is 0 Å². The van der Waals surface area contributed by atoms with Gasteiger partial charge in [0.2, 0.25) is 5.91 Å². The van der Waals surface area contributed by atoms with Crippen molar-refractivity contribution in [1.29, 1.82) is 0 Å². The average molecular weight is 331 g/mol. The van der Waals surface area contributed by atoms with Crippen LogP contribution in [0.3, 0.4) is 0 Å². The van der Waals surface area contributed by atoms with E-state index in [0.29, 0.717) is 23.5 Å². The third kappa shape index (κ3) is 4.42. The maximum absolute atomic E-state index is 11.7. The van der Waals surface area contributed by atoms with E-state index in [9.17, 15) is 14.7 Å². The first-order valence-corrected chi connectivity index (χ1v) is 7.61. The summed E-state index contributed by atoms with van der Waals surface area (Å²) in [6.45, 7) is 3.96. The molecule has 0 spiro atoms. The molecule has 1 amide bonds. The topological polar surface area (TPSA) is 95.7 Å². The number of anilines is 1.